The molecule has 0 saturated heterocycles. The van der Waals surface area contributed by atoms with Crippen molar-refractivity contribution < 1.29 is 4.79 Å². The number of hydrogen-bond donors (Lipinski definition) is 1. The van der Waals surface area contributed by atoms with Crippen LogP contribution in [0.5, 0.6) is 0 Å². The Bertz CT molecular complexity index is 275. The number of carbonyl (C=O) groups is 1. The quantitative estimate of drug-likeness (QED) is 0.564. The van der Waals surface area contributed by atoms with E-state index < -0.39 is 5.41 Å². The molecule has 3 nitrogen and oxygen atoms in total. The Morgan fingerprint density at radius 3 is 2.24 bits per heavy atom. The largest absolute Gasteiger partial charge is 0.392 e. The first kappa shape index (κ1) is 16.4. The summed E-state index contributed by atoms with van der Waals surface area (Å²) < 4.78 is 0. The average Bonchev–Trinajstić information content (AvgIpc) is 2.22. The average molecular weight is 258 g/mol. The Balaban J connectivity index is 4.71. The van der Waals surface area contributed by atoms with Crippen molar-refractivity contribution in [3.63, 3.8) is 0 Å². The summed E-state index contributed by atoms with van der Waals surface area (Å²) in [7, 11) is 0. The lowest BCUT2D eigenvalue weighted by molar-refractivity contribution is -0.138. The molecule has 0 rings (SSSR count). The lowest BCUT2D eigenvalue weighted by Gasteiger charge is -2.34. The summed E-state index contributed by atoms with van der Waals surface area (Å²) in [5, 5.41) is 0. The summed E-state index contributed by atoms with van der Waals surface area (Å²) in [5.74, 6) is 0.0381. The van der Waals surface area contributed by atoms with Gasteiger partial charge in [0.05, 0.1) is 10.4 Å². The Morgan fingerprint density at radius 1 is 1.35 bits per heavy atom. The molecule has 0 aliphatic carbocycles. The van der Waals surface area contributed by atoms with Crippen LogP contribution in [0, 0.1) is 5.41 Å². The summed E-state index contributed by atoms with van der Waals surface area (Å²) in [6, 6.07) is 0.188. The van der Waals surface area contributed by atoms with Crippen LogP contribution in [0.25, 0.3) is 0 Å². The first-order chi connectivity index (χ1) is 7.75. The standard InChI is InChI=1S/C13H26N2OS/c1-6-7-8-9-15(10(2)3)12(16)13(4,5)11(14)17/h10H,6-9H2,1-5H3,(H2,14,17). The van der Waals surface area contributed by atoms with Crippen LogP contribution < -0.4 is 5.73 Å². The second-order valence-corrected chi connectivity index (χ2v) is 5.73. The van der Waals surface area contributed by atoms with Crippen LogP contribution >= 0.6 is 12.2 Å². The molecular weight excluding hydrogens is 232 g/mol. The van der Waals surface area contributed by atoms with E-state index in [1.807, 2.05) is 18.7 Å². The van der Waals surface area contributed by atoms with Gasteiger partial charge >= 0.3 is 0 Å². The summed E-state index contributed by atoms with van der Waals surface area (Å²) in [5.41, 5.74) is 4.90. The van der Waals surface area contributed by atoms with E-state index in [0.29, 0.717) is 0 Å². The molecule has 0 aromatic carbocycles. The minimum Gasteiger partial charge on any atom is -0.392 e. The van der Waals surface area contributed by atoms with Gasteiger partial charge in [-0.15, -0.1) is 0 Å². The summed E-state index contributed by atoms with van der Waals surface area (Å²) in [4.78, 5) is 14.6. The number of thiocarbonyl (C=S) groups is 1. The van der Waals surface area contributed by atoms with Crippen LogP contribution in [0.1, 0.15) is 53.9 Å². The normalized spacial score (nSPS) is 11.6. The topological polar surface area (TPSA) is 46.3 Å². The molecule has 0 unspecified atom stereocenters. The van der Waals surface area contributed by atoms with Gasteiger partial charge < -0.3 is 10.6 Å². The number of amides is 1. The molecule has 17 heavy (non-hydrogen) atoms. The lowest BCUT2D eigenvalue weighted by atomic mass is 9.91. The fraction of sp³-hybridized carbons (Fsp3) is 0.846. The zero-order chi connectivity index (χ0) is 13.6. The highest BCUT2D eigenvalue weighted by molar-refractivity contribution is 7.80. The number of carbonyl (C=O) groups excluding carboxylic acids is 1. The number of rotatable bonds is 7. The van der Waals surface area contributed by atoms with E-state index in [-0.39, 0.29) is 16.9 Å². The molecule has 2 N–H and O–H groups in total. The van der Waals surface area contributed by atoms with Gasteiger partial charge in [-0.3, -0.25) is 4.79 Å². The van der Waals surface area contributed by atoms with E-state index in [1.54, 1.807) is 13.8 Å². The molecule has 0 aromatic rings. The second-order valence-electron chi connectivity index (χ2n) is 5.29. The van der Waals surface area contributed by atoms with Gasteiger partial charge in [-0.25, -0.2) is 0 Å². The highest BCUT2D eigenvalue weighted by atomic mass is 32.1. The van der Waals surface area contributed by atoms with Crippen molar-refractivity contribution in [2.24, 2.45) is 11.1 Å². The maximum Gasteiger partial charge on any atom is 0.235 e. The van der Waals surface area contributed by atoms with Gasteiger partial charge in [-0.1, -0.05) is 32.0 Å². The first-order valence-corrected chi connectivity index (χ1v) is 6.77. The molecule has 0 spiro atoms. The van der Waals surface area contributed by atoms with Gasteiger partial charge in [0.15, 0.2) is 0 Å². The molecule has 0 aromatic heterocycles. The summed E-state index contributed by atoms with van der Waals surface area (Å²) in [6.07, 6.45) is 3.33. The number of hydrogen-bond acceptors (Lipinski definition) is 2. The van der Waals surface area contributed by atoms with Crippen molar-refractivity contribution in [1.82, 2.24) is 4.90 Å². The van der Waals surface area contributed by atoms with Gasteiger partial charge in [0, 0.05) is 12.6 Å². The molecule has 100 valence electrons. The van der Waals surface area contributed by atoms with Crippen molar-refractivity contribution in [3.8, 4) is 0 Å². The van der Waals surface area contributed by atoms with Gasteiger partial charge in [-0.05, 0) is 34.1 Å². The summed E-state index contributed by atoms with van der Waals surface area (Å²) >= 11 is 4.98. The highest BCUT2D eigenvalue weighted by Crippen LogP contribution is 2.21. The molecule has 0 aliphatic rings. The maximum absolute atomic E-state index is 12.4. The van der Waals surface area contributed by atoms with E-state index in [9.17, 15) is 4.79 Å². The van der Waals surface area contributed by atoms with Gasteiger partial charge in [0.2, 0.25) is 5.91 Å². The molecule has 1 amide bonds. The molecule has 4 heteroatoms. The number of nitrogens with two attached hydrogens (primary N) is 1. The Labute approximate surface area is 111 Å². The molecular formula is C13H26N2OS. The monoisotopic (exact) mass is 258 g/mol. The van der Waals surface area contributed by atoms with E-state index in [2.05, 4.69) is 6.92 Å². The minimum absolute atomic E-state index is 0.0381. The third-order valence-corrected chi connectivity index (χ3v) is 3.55. The highest BCUT2D eigenvalue weighted by Gasteiger charge is 2.35. The Hall–Kier alpha value is -0.640. The van der Waals surface area contributed by atoms with Crippen molar-refractivity contribution in [2.45, 2.75) is 59.9 Å². The van der Waals surface area contributed by atoms with Gasteiger partial charge in [0.25, 0.3) is 0 Å². The number of nitrogens with zero attached hydrogens (tertiary/aromatic N) is 1. The first-order valence-electron chi connectivity index (χ1n) is 6.36. The van der Waals surface area contributed by atoms with Crippen molar-refractivity contribution in [3.05, 3.63) is 0 Å². The maximum atomic E-state index is 12.4. The lowest BCUT2D eigenvalue weighted by Crippen LogP contribution is -2.49. The zero-order valence-corrected chi connectivity index (χ0v) is 12.6. The molecule has 0 aliphatic heterocycles. The molecule has 0 bridgehead atoms. The fourth-order valence-electron chi connectivity index (χ4n) is 1.59. The van der Waals surface area contributed by atoms with E-state index in [0.717, 1.165) is 25.8 Å². The Kier molecular flexibility index (Phi) is 6.68. The van der Waals surface area contributed by atoms with Crippen LogP contribution in [0.2, 0.25) is 0 Å². The third kappa shape index (κ3) is 4.62. The van der Waals surface area contributed by atoms with Crippen LogP contribution in [0.3, 0.4) is 0 Å². The molecule has 0 heterocycles. The van der Waals surface area contributed by atoms with E-state index in [4.69, 9.17) is 18.0 Å². The van der Waals surface area contributed by atoms with Gasteiger partial charge in [0.1, 0.15) is 0 Å². The predicted molar refractivity (Wildman–Crippen MR) is 76.9 cm³/mol. The van der Waals surface area contributed by atoms with Crippen LogP contribution in [0.15, 0.2) is 0 Å². The van der Waals surface area contributed by atoms with Crippen molar-refractivity contribution in [1.29, 1.82) is 0 Å². The van der Waals surface area contributed by atoms with E-state index in [1.165, 1.54) is 0 Å². The zero-order valence-electron chi connectivity index (χ0n) is 11.7. The number of unbranched alkanes of at least 4 members (excludes halogenated alkanes) is 2. The van der Waals surface area contributed by atoms with Crippen LogP contribution in [-0.2, 0) is 4.79 Å². The Morgan fingerprint density at radius 2 is 1.88 bits per heavy atom. The van der Waals surface area contributed by atoms with Crippen molar-refractivity contribution >= 4 is 23.1 Å². The molecule has 0 radical (unpaired) electrons. The van der Waals surface area contributed by atoms with Gasteiger partial charge in [-0.2, -0.15) is 0 Å². The van der Waals surface area contributed by atoms with Crippen molar-refractivity contribution in [2.75, 3.05) is 6.54 Å². The van der Waals surface area contributed by atoms with Crippen LogP contribution in [-0.4, -0.2) is 28.4 Å². The predicted octanol–water partition coefficient (Wildman–Crippen LogP) is 2.73. The fourth-order valence-corrected chi connectivity index (χ4v) is 1.68. The molecule has 0 atom stereocenters. The second kappa shape index (κ2) is 6.94. The smallest absolute Gasteiger partial charge is 0.235 e. The third-order valence-electron chi connectivity index (χ3n) is 3.04. The van der Waals surface area contributed by atoms with Crippen LogP contribution in [0.4, 0.5) is 0 Å². The minimum atomic E-state index is -0.744. The summed E-state index contributed by atoms with van der Waals surface area (Å²) in [6.45, 7) is 10.6. The molecule has 0 fully saturated rings. The molecule has 0 saturated carbocycles. The van der Waals surface area contributed by atoms with E-state index >= 15 is 0 Å². The SMILES string of the molecule is CCCCCN(C(=O)C(C)(C)C(N)=S)C(C)C.